The minimum absolute atomic E-state index is 0.0294. The maximum atomic E-state index is 14.6. The average molecular weight is 447 g/mol. The summed E-state index contributed by atoms with van der Waals surface area (Å²) < 4.78 is 58.6. The molecule has 1 aromatic carbocycles. The normalized spacial score (nSPS) is 22.4. The molecule has 0 radical (unpaired) electrons. The predicted octanol–water partition coefficient (Wildman–Crippen LogP) is 3.64. The molecular formula is C21H17F4N5O2. The number of ether oxygens (including phenoxy) is 1. The van der Waals surface area contributed by atoms with Gasteiger partial charge in [0.2, 0.25) is 0 Å². The van der Waals surface area contributed by atoms with E-state index in [0.717, 1.165) is 23.5 Å². The number of aromatic nitrogens is 4. The zero-order chi connectivity index (χ0) is 22.5. The van der Waals surface area contributed by atoms with Crippen LogP contribution in [0.3, 0.4) is 0 Å². The van der Waals surface area contributed by atoms with E-state index in [1.165, 1.54) is 36.7 Å². The first-order valence-electron chi connectivity index (χ1n) is 10.0. The van der Waals surface area contributed by atoms with Crippen LogP contribution < -0.4 is 4.74 Å². The quantitative estimate of drug-likeness (QED) is 0.571. The van der Waals surface area contributed by atoms with Crippen molar-refractivity contribution in [2.75, 3.05) is 0 Å². The molecule has 0 N–H and O–H groups in total. The number of benzene rings is 1. The fourth-order valence-electron chi connectivity index (χ4n) is 4.53. The Hall–Kier alpha value is -3.50. The minimum atomic E-state index is -4.53. The first-order chi connectivity index (χ1) is 15.3. The topological polar surface area (TPSA) is 73.1 Å². The summed E-state index contributed by atoms with van der Waals surface area (Å²) in [4.78, 5) is 19.6. The number of rotatable bonds is 4. The molecule has 166 valence electrons. The summed E-state index contributed by atoms with van der Waals surface area (Å²) in [6.07, 6.45) is 0.879. The molecule has 2 saturated heterocycles. The van der Waals surface area contributed by atoms with Gasteiger partial charge in [0.15, 0.2) is 5.82 Å². The Morgan fingerprint density at radius 1 is 1.09 bits per heavy atom. The number of nitrogens with zero attached hydrogens (tertiary/aromatic N) is 5. The van der Waals surface area contributed by atoms with Crippen LogP contribution in [-0.4, -0.2) is 49.0 Å². The van der Waals surface area contributed by atoms with Crippen LogP contribution in [0.2, 0.25) is 0 Å². The first kappa shape index (κ1) is 20.4. The summed E-state index contributed by atoms with van der Waals surface area (Å²) in [7, 11) is 0. The third-order valence-electron chi connectivity index (χ3n) is 5.86. The summed E-state index contributed by atoms with van der Waals surface area (Å²) in [6, 6.07) is 5.91. The highest BCUT2D eigenvalue weighted by molar-refractivity contribution is 5.98. The number of fused-ring (bicyclic) bond motifs is 2. The van der Waals surface area contributed by atoms with Crippen LogP contribution in [0.15, 0.2) is 48.9 Å². The van der Waals surface area contributed by atoms with Crippen molar-refractivity contribution in [2.45, 2.75) is 43.6 Å². The second-order valence-corrected chi connectivity index (χ2v) is 7.73. The highest BCUT2D eigenvalue weighted by Crippen LogP contribution is 2.41. The predicted molar refractivity (Wildman–Crippen MR) is 103 cm³/mol. The van der Waals surface area contributed by atoms with Gasteiger partial charge in [0.05, 0.1) is 30.2 Å². The van der Waals surface area contributed by atoms with Crippen molar-refractivity contribution in [1.82, 2.24) is 24.9 Å². The Bertz CT molecular complexity index is 1130. The SMILES string of the molecule is O=C(c1cccc(F)c1-n1nccn1)N1C2CCC1C(Oc1ccc(C(F)(F)F)nc1)C2. The Kier molecular flexibility index (Phi) is 4.83. The van der Waals surface area contributed by atoms with Crippen LogP contribution in [0.5, 0.6) is 5.75 Å². The molecule has 0 spiro atoms. The molecule has 2 aromatic heterocycles. The van der Waals surface area contributed by atoms with Crippen LogP contribution in [0.1, 0.15) is 35.3 Å². The first-order valence-corrected chi connectivity index (χ1v) is 10.0. The van der Waals surface area contributed by atoms with Crippen molar-refractivity contribution in [2.24, 2.45) is 0 Å². The lowest BCUT2D eigenvalue weighted by molar-refractivity contribution is -0.141. The summed E-state index contributed by atoms with van der Waals surface area (Å²) in [5.74, 6) is -0.779. The lowest BCUT2D eigenvalue weighted by atomic mass is 9.98. The van der Waals surface area contributed by atoms with Gasteiger partial charge in [-0.15, -0.1) is 4.80 Å². The van der Waals surface area contributed by atoms with Gasteiger partial charge >= 0.3 is 6.18 Å². The van der Waals surface area contributed by atoms with Crippen molar-refractivity contribution in [3.05, 3.63) is 66.0 Å². The number of pyridine rings is 1. The number of alkyl halides is 3. The molecule has 2 bridgehead atoms. The maximum Gasteiger partial charge on any atom is 0.433 e. The number of amides is 1. The zero-order valence-electron chi connectivity index (χ0n) is 16.5. The Labute approximate surface area is 179 Å². The third-order valence-corrected chi connectivity index (χ3v) is 5.86. The van der Waals surface area contributed by atoms with E-state index in [9.17, 15) is 22.4 Å². The Balaban J connectivity index is 1.38. The molecule has 4 heterocycles. The van der Waals surface area contributed by atoms with Gasteiger partial charge in [0.1, 0.15) is 23.2 Å². The Morgan fingerprint density at radius 2 is 1.88 bits per heavy atom. The smallest absolute Gasteiger partial charge is 0.433 e. The van der Waals surface area contributed by atoms with Crippen molar-refractivity contribution < 1.29 is 27.1 Å². The molecule has 3 unspecified atom stereocenters. The fraction of sp³-hybridized carbons (Fsp3) is 0.333. The average Bonchev–Trinajstić information content (AvgIpc) is 3.49. The highest BCUT2D eigenvalue weighted by Gasteiger charge is 2.50. The molecular weight excluding hydrogens is 430 g/mol. The third kappa shape index (κ3) is 3.47. The fourth-order valence-corrected chi connectivity index (χ4v) is 4.53. The molecule has 0 saturated carbocycles. The number of halogens is 4. The monoisotopic (exact) mass is 447 g/mol. The van der Waals surface area contributed by atoms with Gasteiger partial charge in [-0.05, 0) is 37.1 Å². The molecule has 3 aromatic rings. The second kappa shape index (κ2) is 7.57. The van der Waals surface area contributed by atoms with E-state index < -0.39 is 23.8 Å². The molecule has 1 amide bonds. The van der Waals surface area contributed by atoms with E-state index in [4.69, 9.17) is 4.74 Å². The molecule has 2 fully saturated rings. The molecule has 2 aliphatic heterocycles. The summed E-state index contributed by atoms with van der Waals surface area (Å²) in [5, 5.41) is 7.90. The number of hydrogen-bond acceptors (Lipinski definition) is 5. The van der Waals surface area contributed by atoms with E-state index in [1.807, 2.05) is 0 Å². The second-order valence-electron chi connectivity index (χ2n) is 7.73. The summed E-state index contributed by atoms with van der Waals surface area (Å²) in [5.41, 5.74) is -0.895. The van der Waals surface area contributed by atoms with E-state index in [-0.39, 0.29) is 35.0 Å². The number of hydrogen-bond donors (Lipinski definition) is 0. The largest absolute Gasteiger partial charge is 0.487 e. The zero-order valence-corrected chi connectivity index (χ0v) is 16.5. The van der Waals surface area contributed by atoms with E-state index >= 15 is 0 Å². The van der Waals surface area contributed by atoms with Crippen LogP contribution in [-0.2, 0) is 6.18 Å². The van der Waals surface area contributed by atoms with Gasteiger partial charge in [-0.1, -0.05) is 6.07 Å². The number of para-hydroxylation sites is 1. The van der Waals surface area contributed by atoms with E-state index in [1.54, 1.807) is 4.90 Å². The van der Waals surface area contributed by atoms with Crippen molar-refractivity contribution in [3.8, 4) is 11.4 Å². The van der Waals surface area contributed by atoms with Gasteiger partial charge < -0.3 is 9.64 Å². The van der Waals surface area contributed by atoms with Crippen LogP contribution in [0.4, 0.5) is 17.6 Å². The minimum Gasteiger partial charge on any atom is -0.487 e. The van der Waals surface area contributed by atoms with E-state index in [2.05, 4.69) is 15.2 Å². The van der Waals surface area contributed by atoms with E-state index in [0.29, 0.717) is 12.8 Å². The molecule has 11 heteroatoms. The van der Waals surface area contributed by atoms with Crippen molar-refractivity contribution in [1.29, 1.82) is 0 Å². The van der Waals surface area contributed by atoms with Crippen LogP contribution in [0.25, 0.3) is 5.69 Å². The van der Waals surface area contributed by atoms with Crippen molar-refractivity contribution in [3.63, 3.8) is 0 Å². The molecule has 5 rings (SSSR count). The lowest BCUT2D eigenvalue weighted by Crippen LogP contribution is -2.39. The van der Waals surface area contributed by atoms with Crippen LogP contribution >= 0.6 is 0 Å². The molecule has 2 aliphatic rings. The lowest BCUT2D eigenvalue weighted by Gasteiger charge is -2.25. The van der Waals surface area contributed by atoms with Gasteiger partial charge in [-0.25, -0.2) is 9.37 Å². The van der Waals surface area contributed by atoms with Crippen LogP contribution in [0, 0.1) is 5.82 Å². The highest BCUT2D eigenvalue weighted by atomic mass is 19.4. The Morgan fingerprint density at radius 3 is 2.56 bits per heavy atom. The number of carbonyl (C=O) groups excluding carboxylic acids is 1. The summed E-state index contributed by atoms with van der Waals surface area (Å²) in [6.45, 7) is 0. The molecule has 3 atom stereocenters. The molecule has 0 aliphatic carbocycles. The number of carbonyl (C=O) groups is 1. The van der Waals surface area contributed by atoms with Gasteiger partial charge in [0, 0.05) is 12.5 Å². The molecule has 7 nitrogen and oxygen atoms in total. The summed E-state index contributed by atoms with van der Waals surface area (Å²) >= 11 is 0. The van der Waals surface area contributed by atoms with Crippen molar-refractivity contribution >= 4 is 5.91 Å². The standard InChI is InChI=1S/C21H17F4N5O2/c22-15-3-1-2-14(19(15)30-27-8-9-28-30)20(31)29-12-4-6-16(29)17(10-12)32-13-5-7-18(26-11-13)21(23,24)25/h1-3,5,7-9,11-12,16-17H,4,6,10H2. The maximum absolute atomic E-state index is 14.6. The van der Waals surface area contributed by atoms with Gasteiger partial charge in [-0.2, -0.15) is 23.4 Å². The van der Waals surface area contributed by atoms with Gasteiger partial charge in [0.25, 0.3) is 5.91 Å². The van der Waals surface area contributed by atoms with Gasteiger partial charge in [-0.3, -0.25) is 4.79 Å². The molecule has 32 heavy (non-hydrogen) atoms.